The number of methoxy groups -OCH3 is 1. The van der Waals surface area contributed by atoms with Crippen LogP contribution in [0.2, 0.25) is 0 Å². The summed E-state index contributed by atoms with van der Waals surface area (Å²) in [6, 6.07) is 5.36. The largest absolute Gasteiger partial charge is 0.469 e. The molecule has 0 bridgehead atoms. The van der Waals surface area contributed by atoms with E-state index < -0.39 is 0 Å². The fraction of sp³-hybridized carbons (Fsp3) is 0.429. The van der Waals surface area contributed by atoms with Crippen molar-refractivity contribution in [2.45, 2.75) is 25.1 Å². The lowest BCUT2D eigenvalue weighted by Gasteiger charge is -2.09. The predicted molar refractivity (Wildman–Crippen MR) is 75.4 cm³/mol. The van der Waals surface area contributed by atoms with Crippen LogP contribution in [0.15, 0.2) is 18.2 Å². The van der Waals surface area contributed by atoms with E-state index in [0.29, 0.717) is 30.3 Å². The number of ether oxygens (including phenoxy) is 2. The van der Waals surface area contributed by atoms with Gasteiger partial charge in [0.1, 0.15) is 0 Å². The Kier molecular flexibility index (Phi) is 6.56. The van der Waals surface area contributed by atoms with Gasteiger partial charge in [-0.1, -0.05) is 22.0 Å². The molecule has 1 aromatic rings. The lowest BCUT2D eigenvalue weighted by molar-refractivity contribution is -0.140. The van der Waals surface area contributed by atoms with Crippen molar-refractivity contribution in [2.24, 2.45) is 0 Å². The highest BCUT2D eigenvalue weighted by molar-refractivity contribution is 9.08. The zero-order valence-electron chi connectivity index (χ0n) is 11.1. The van der Waals surface area contributed by atoms with E-state index in [-0.39, 0.29) is 11.9 Å². The maximum absolute atomic E-state index is 11.6. The summed E-state index contributed by atoms with van der Waals surface area (Å²) in [5.41, 5.74) is 2.53. The Morgan fingerprint density at radius 2 is 2.00 bits per heavy atom. The molecule has 4 nitrogen and oxygen atoms in total. The number of hydrogen-bond donors (Lipinski definition) is 0. The van der Waals surface area contributed by atoms with E-state index in [1.807, 2.05) is 6.07 Å². The third kappa shape index (κ3) is 4.67. The Bertz CT molecular complexity index is 457. The highest BCUT2D eigenvalue weighted by Crippen LogP contribution is 2.18. The summed E-state index contributed by atoms with van der Waals surface area (Å²) in [4.78, 5) is 22.8. The molecule has 0 saturated carbocycles. The molecule has 0 aliphatic rings. The van der Waals surface area contributed by atoms with Crippen molar-refractivity contribution in [3.8, 4) is 0 Å². The SMILES string of the molecule is CCOC(=O)c1ccc(CCC(=O)OC)c(CBr)c1. The maximum Gasteiger partial charge on any atom is 0.338 e. The van der Waals surface area contributed by atoms with E-state index in [2.05, 4.69) is 20.7 Å². The standard InChI is InChI=1S/C14H17BrO4/c1-3-19-14(17)11-5-4-10(12(8-11)9-15)6-7-13(16)18-2/h4-5,8H,3,6-7,9H2,1-2H3. The first-order chi connectivity index (χ1) is 9.12. The number of alkyl halides is 1. The molecule has 0 radical (unpaired) electrons. The first-order valence-electron chi connectivity index (χ1n) is 6.04. The van der Waals surface area contributed by atoms with Crippen LogP contribution in [0.1, 0.15) is 34.8 Å². The zero-order valence-corrected chi connectivity index (χ0v) is 12.7. The van der Waals surface area contributed by atoms with E-state index in [4.69, 9.17) is 4.74 Å². The average Bonchev–Trinajstić information content (AvgIpc) is 2.44. The molecule has 5 heteroatoms. The molecule has 0 saturated heterocycles. The van der Waals surface area contributed by atoms with Crippen LogP contribution in [0.4, 0.5) is 0 Å². The van der Waals surface area contributed by atoms with Crippen LogP contribution < -0.4 is 0 Å². The van der Waals surface area contributed by atoms with Crippen molar-refractivity contribution in [1.29, 1.82) is 0 Å². The number of hydrogen-bond acceptors (Lipinski definition) is 4. The Balaban J connectivity index is 2.84. The van der Waals surface area contributed by atoms with Gasteiger partial charge in [0.05, 0.1) is 19.3 Å². The molecule has 104 valence electrons. The summed E-state index contributed by atoms with van der Waals surface area (Å²) in [5, 5.41) is 0.622. The molecule has 0 aromatic heterocycles. The summed E-state index contributed by atoms with van der Waals surface area (Å²) in [6.07, 6.45) is 0.923. The van der Waals surface area contributed by atoms with Gasteiger partial charge in [0, 0.05) is 11.8 Å². The molecular formula is C14H17BrO4. The number of carbonyl (C=O) groups excluding carboxylic acids is 2. The summed E-state index contributed by atoms with van der Waals surface area (Å²) in [6.45, 7) is 2.13. The first-order valence-corrected chi connectivity index (χ1v) is 7.16. The van der Waals surface area contributed by atoms with Crippen LogP contribution in [0.3, 0.4) is 0 Å². The second kappa shape index (κ2) is 7.94. The number of aryl methyl sites for hydroxylation is 1. The fourth-order valence-corrected chi connectivity index (χ4v) is 2.20. The van der Waals surface area contributed by atoms with Crippen molar-refractivity contribution in [1.82, 2.24) is 0 Å². The van der Waals surface area contributed by atoms with Crippen molar-refractivity contribution >= 4 is 27.9 Å². The molecule has 1 rings (SSSR count). The summed E-state index contributed by atoms with van der Waals surface area (Å²) < 4.78 is 9.57. The average molecular weight is 329 g/mol. The molecule has 0 spiro atoms. The lowest BCUT2D eigenvalue weighted by Crippen LogP contribution is -2.07. The van der Waals surface area contributed by atoms with Gasteiger partial charge in [-0.05, 0) is 36.6 Å². The van der Waals surface area contributed by atoms with Gasteiger partial charge in [-0.15, -0.1) is 0 Å². The summed E-state index contributed by atoms with van der Waals surface area (Å²) in [7, 11) is 1.37. The zero-order chi connectivity index (χ0) is 14.3. The molecule has 1 aromatic carbocycles. The number of rotatable bonds is 6. The maximum atomic E-state index is 11.6. The number of benzene rings is 1. The van der Waals surface area contributed by atoms with Gasteiger partial charge >= 0.3 is 11.9 Å². The molecule has 0 aliphatic carbocycles. The Labute approximate surface area is 121 Å². The number of esters is 2. The van der Waals surface area contributed by atoms with Crippen LogP contribution in [-0.2, 0) is 26.0 Å². The normalized spacial score (nSPS) is 10.1. The van der Waals surface area contributed by atoms with E-state index in [0.717, 1.165) is 11.1 Å². The minimum Gasteiger partial charge on any atom is -0.469 e. The molecule has 0 amide bonds. The fourth-order valence-electron chi connectivity index (χ4n) is 1.67. The number of carbonyl (C=O) groups is 2. The third-order valence-electron chi connectivity index (χ3n) is 2.69. The molecule has 0 unspecified atom stereocenters. The Morgan fingerprint density at radius 1 is 1.26 bits per heavy atom. The van der Waals surface area contributed by atoms with Crippen LogP contribution >= 0.6 is 15.9 Å². The molecule has 0 atom stereocenters. The van der Waals surface area contributed by atoms with Crippen molar-refractivity contribution in [2.75, 3.05) is 13.7 Å². The minimum absolute atomic E-state index is 0.241. The molecular weight excluding hydrogens is 312 g/mol. The summed E-state index contributed by atoms with van der Waals surface area (Å²) in [5.74, 6) is -0.570. The predicted octanol–water partition coefficient (Wildman–Crippen LogP) is 2.86. The highest BCUT2D eigenvalue weighted by Gasteiger charge is 2.11. The van der Waals surface area contributed by atoms with Gasteiger partial charge in [0.25, 0.3) is 0 Å². The van der Waals surface area contributed by atoms with Crippen LogP contribution in [0.5, 0.6) is 0 Å². The van der Waals surface area contributed by atoms with Gasteiger partial charge in [-0.2, -0.15) is 0 Å². The second-order valence-electron chi connectivity index (χ2n) is 3.91. The third-order valence-corrected chi connectivity index (χ3v) is 3.29. The van der Waals surface area contributed by atoms with E-state index in [1.54, 1.807) is 19.1 Å². The second-order valence-corrected chi connectivity index (χ2v) is 4.47. The Morgan fingerprint density at radius 3 is 2.58 bits per heavy atom. The van der Waals surface area contributed by atoms with Crippen molar-refractivity contribution < 1.29 is 19.1 Å². The van der Waals surface area contributed by atoms with Gasteiger partial charge in [-0.25, -0.2) is 4.79 Å². The van der Waals surface area contributed by atoms with Gasteiger partial charge in [0.2, 0.25) is 0 Å². The van der Waals surface area contributed by atoms with Gasteiger partial charge in [0.15, 0.2) is 0 Å². The molecule has 0 aliphatic heterocycles. The van der Waals surface area contributed by atoms with Gasteiger partial charge in [-0.3, -0.25) is 4.79 Å². The van der Waals surface area contributed by atoms with E-state index >= 15 is 0 Å². The first kappa shape index (κ1) is 15.7. The highest BCUT2D eigenvalue weighted by atomic mass is 79.9. The molecule has 19 heavy (non-hydrogen) atoms. The molecule has 0 heterocycles. The van der Waals surface area contributed by atoms with Crippen LogP contribution in [0.25, 0.3) is 0 Å². The topological polar surface area (TPSA) is 52.6 Å². The smallest absolute Gasteiger partial charge is 0.338 e. The Hall–Kier alpha value is -1.36. The molecule has 0 fully saturated rings. The van der Waals surface area contributed by atoms with Crippen LogP contribution in [0, 0.1) is 0 Å². The van der Waals surface area contributed by atoms with Crippen LogP contribution in [-0.4, -0.2) is 25.7 Å². The van der Waals surface area contributed by atoms with Crippen molar-refractivity contribution in [3.63, 3.8) is 0 Å². The minimum atomic E-state index is -0.329. The lowest BCUT2D eigenvalue weighted by atomic mass is 10.0. The summed E-state index contributed by atoms with van der Waals surface area (Å²) >= 11 is 3.39. The quantitative estimate of drug-likeness (QED) is 0.595. The van der Waals surface area contributed by atoms with Crippen molar-refractivity contribution in [3.05, 3.63) is 34.9 Å². The van der Waals surface area contributed by atoms with Gasteiger partial charge < -0.3 is 9.47 Å². The number of halogens is 1. The molecule has 0 N–H and O–H groups in total. The van der Waals surface area contributed by atoms with E-state index in [1.165, 1.54) is 7.11 Å². The monoisotopic (exact) mass is 328 g/mol. The van der Waals surface area contributed by atoms with E-state index in [9.17, 15) is 9.59 Å².